The van der Waals surface area contributed by atoms with Crippen LogP contribution in [0.3, 0.4) is 0 Å². The Morgan fingerprint density at radius 1 is 1.36 bits per heavy atom. The van der Waals surface area contributed by atoms with Gasteiger partial charge < -0.3 is 19.5 Å². The van der Waals surface area contributed by atoms with Gasteiger partial charge in [-0.3, -0.25) is 4.90 Å². The minimum atomic E-state index is -1.11. The molecule has 172 valence electrons. The Balaban J connectivity index is 1.90. The van der Waals surface area contributed by atoms with Gasteiger partial charge in [0.25, 0.3) is 0 Å². The summed E-state index contributed by atoms with van der Waals surface area (Å²) >= 11 is 7.55. The van der Waals surface area contributed by atoms with Crippen molar-refractivity contribution in [1.82, 2.24) is 15.0 Å². The molecule has 1 N–H and O–H groups in total. The smallest absolute Gasteiger partial charge is 0.412 e. The van der Waals surface area contributed by atoms with E-state index in [-0.39, 0.29) is 11.8 Å². The molecule has 3 heterocycles. The number of para-hydroxylation sites is 1. The highest BCUT2D eigenvalue weighted by Crippen LogP contribution is 2.45. The Morgan fingerprint density at radius 2 is 2.15 bits per heavy atom. The molecule has 3 aromatic rings. The maximum atomic E-state index is 11.9. The zero-order valence-electron chi connectivity index (χ0n) is 17.9. The summed E-state index contributed by atoms with van der Waals surface area (Å²) in [6.07, 6.45) is 2.00. The molecule has 0 unspecified atom stereocenters. The van der Waals surface area contributed by atoms with Crippen molar-refractivity contribution in [3.05, 3.63) is 48.4 Å². The Bertz CT molecular complexity index is 1170. The van der Waals surface area contributed by atoms with Gasteiger partial charge in [0, 0.05) is 31.4 Å². The van der Waals surface area contributed by atoms with Crippen LogP contribution < -0.4 is 14.5 Å². The van der Waals surface area contributed by atoms with Crippen molar-refractivity contribution in [3.63, 3.8) is 0 Å². The topological polar surface area (TPSA) is 101 Å². The molecular formula is C22H22ClN5O4S. The first-order valence-corrected chi connectivity index (χ1v) is 11.3. The van der Waals surface area contributed by atoms with E-state index in [1.54, 1.807) is 24.4 Å². The van der Waals surface area contributed by atoms with Crippen molar-refractivity contribution in [3.8, 4) is 27.6 Å². The highest BCUT2D eigenvalue weighted by molar-refractivity contribution is 7.19. The summed E-state index contributed by atoms with van der Waals surface area (Å²) in [4.78, 5) is 29.3. The molecule has 1 aliphatic heterocycles. The number of carbonyl (C=O) groups is 1. The molecule has 11 heteroatoms. The first-order chi connectivity index (χ1) is 16.0. The summed E-state index contributed by atoms with van der Waals surface area (Å²) < 4.78 is 11.2. The second-order valence-electron chi connectivity index (χ2n) is 7.02. The Hall–Kier alpha value is -3.21. The van der Waals surface area contributed by atoms with Crippen LogP contribution in [0, 0.1) is 0 Å². The number of hydrogen-bond donors (Lipinski definition) is 1. The van der Waals surface area contributed by atoms with E-state index in [9.17, 15) is 9.90 Å². The summed E-state index contributed by atoms with van der Waals surface area (Å²) in [6, 6.07) is 7.08. The van der Waals surface area contributed by atoms with Gasteiger partial charge in [-0.25, -0.2) is 19.7 Å². The molecule has 0 bridgehead atoms. The number of halogens is 1. The number of methoxy groups -OCH3 is 1. The van der Waals surface area contributed by atoms with Crippen LogP contribution in [0.25, 0.3) is 21.8 Å². The quantitative estimate of drug-likeness (QED) is 0.385. The van der Waals surface area contributed by atoms with Crippen LogP contribution in [-0.2, 0) is 4.74 Å². The lowest BCUT2D eigenvalue weighted by atomic mass is 10.1. The SMILES string of the molecule is C=CCN(C(=O)O)c1cccc(-c2nc(N3CCOCC3)sc2-c2ccnc(Cl)n2)c1OC. The van der Waals surface area contributed by atoms with Crippen LogP contribution in [0.1, 0.15) is 0 Å². The Labute approximate surface area is 199 Å². The number of anilines is 2. The van der Waals surface area contributed by atoms with E-state index in [4.69, 9.17) is 26.1 Å². The molecule has 4 rings (SSSR count). The third-order valence-electron chi connectivity index (χ3n) is 5.04. The van der Waals surface area contributed by atoms with Gasteiger partial charge in [-0.2, -0.15) is 0 Å². The van der Waals surface area contributed by atoms with E-state index in [0.29, 0.717) is 41.6 Å². The molecule has 2 aromatic heterocycles. The van der Waals surface area contributed by atoms with E-state index in [1.807, 2.05) is 6.07 Å². The van der Waals surface area contributed by atoms with Gasteiger partial charge in [0.1, 0.15) is 0 Å². The van der Waals surface area contributed by atoms with Gasteiger partial charge in [-0.1, -0.05) is 23.5 Å². The summed E-state index contributed by atoms with van der Waals surface area (Å²) in [7, 11) is 1.51. The van der Waals surface area contributed by atoms with Crippen LogP contribution in [0.2, 0.25) is 5.28 Å². The second-order valence-corrected chi connectivity index (χ2v) is 8.34. The number of benzene rings is 1. The van der Waals surface area contributed by atoms with Crippen LogP contribution in [0.4, 0.5) is 15.6 Å². The fraction of sp³-hybridized carbons (Fsp3) is 0.273. The standard InChI is InChI=1S/C22H22ClN5O4S/c1-3-9-28(22(29)30)16-6-4-5-14(18(16)31-2)17-19(15-7-8-24-20(23)25-15)33-21(26-17)27-10-12-32-13-11-27/h3-8H,1,9-13H2,2H3,(H,29,30). The van der Waals surface area contributed by atoms with Gasteiger partial charge in [-0.05, 0) is 29.8 Å². The lowest BCUT2D eigenvalue weighted by Gasteiger charge is -2.26. The van der Waals surface area contributed by atoms with Crippen LogP contribution >= 0.6 is 22.9 Å². The second kappa shape index (κ2) is 10.2. The normalized spacial score (nSPS) is 13.6. The molecule has 0 radical (unpaired) electrons. The number of carboxylic acid groups (broad SMARTS) is 1. The highest BCUT2D eigenvalue weighted by atomic mass is 35.5. The molecular weight excluding hydrogens is 466 g/mol. The maximum Gasteiger partial charge on any atom is 0.412 e. The number of nitrogens with zero attached hydrogens (tertiary/aromatic N) is 5. The molecule has 1 aliphatic rings. The largest absolute Gasteiger partial charge is 0.494 e. The number of amides is 1. The summed E-state index contributed by atoms with van der Waals surface area (Å²) in [5.74, 6) is 0.391. The third-order valence-corrected chi connectivity index (χ3v) is 6.36. The van der Waals surface area contributed by atoms with Gasteiger partial charge in [0.15, 0.2) is 10.9 Å². The van der Waals surface area contributed by atoms with Gasteiger partial charge in [0.05, 0.1) is 42.3 Å². The predicted molar refractivity (Wildman–Crippen MR) is 129 cm³/mol. The zero-order valence-corrected chi connectivity index (χ0v) is 19.5. The number of hydrogen-bond acceptors (Lipinski definition) is 8. The first-order valence-electron chi connectivity index (χ1n) is 10.1. The monoisotopic (exact) mass is 487 g/mol. The minimum absolute atomic E-state index is 0.111. The molecule has 0 spiro atoms. The van der Waals surface area contributed by atoms with Gasteiger partial charge >= 0.3 is 6.09 Å². The van der Waals surface area contributed by atoms with Gasteiger partial charge in [-0.15, -0.1) is 6.58 Å². The van der Waals surface area contributed by atoms with Crippen molar-refractivity contribution >= 4 is 39.8 Å². The van der Waals surface area contributed by atoms with Crippen molar-refractivity contribution in [1.29, 1.82) is 0 Å². The van der Waals surface area contributed by atoms with Crippen molar-refractivity contribution in [2.75, 3.05) is 49.8 Å². The average molecular weight is 488 g/mol. The van der Waals surface area contributed by atoms with Crippen molar-refractivity contribution in [2.45, 2.75) is 0 Å². The molecule has 1 fully saturated rings. The number of ether oxygens (including phenoxy) is 2. The number of aromatic nitrogens is 3. The molecule has 1 amide bonds. The molecule has 0 saturated carbocycles. The predicted octanol–water partition coefficient (Wildman–Crippen LogP) is 4.44. The van der Waals surface area contributed by atoms with Crippen LogP contribution in [0.15, 0.2) is 43.1 Å². The average Bonchev–Trinajstić information content (AvgIpc) is 3.28. The van der Waals surface area contributed by atoms with E-state index < -0.39 is 6.09 Å². The van der Waals surface area contributed by atoms with E-state index in [1.165, 1.54) is 29.4 Å². The zero-order chi connectivity index (χ0) is 23.4. The summed E-state index contributed by atoms with van der Waals surface area (Å²) in [5.41, 5.74) is 2.29. The number of rotatable bonds is 7. The Kier molecular flexibility index (Phi) is 7.07. The Morgan fingerprint density at radius 3 is 2.82 bits per heavy atom. The van der Waals surface area contributed by atoms with E-state index >= 15 is 0 Å². The molecule has 33 heavy (non-hydrogen) atoms. The van der Waals surface area contributed by atoms with Crippen molar-refractivity contribution < 1.29 is 19.4 Å². The lowest BCUT2D eigenvalue weighted by molar-refractivity contribution is 0.122. The van der Waals surface area contributed by atoms with Crippen LogP contribution in [-0.4, -0.2) is 66.1 Å². The lowest BCUT2D eigenvalue weighted by Crippen LogP contribution is -2.36. The molecule has 9 nitrogen and oxygen atoms in total. The molecule has 0 aliphatic carbocycles. The minimum Gasteiger partial charge on any atom is -0.494 e. The fourth-order valence-corrected chi connectivity index (χ4v) is 4.81. The van der Waals surface area contributed by atoms with E-state index in [0.717, 1.165) is 23.1 Å². The number of morpholine rings is 1. The van der Waals surface area contributed by atoms with E-state index in [2.05, 4.69) is 21.4 Å². The number of thiazole rings is 1. The first kappa shape index (κ1) is 23.0. The molecule has 0 atom stereocenters. The van der Waals surface area contributed by atoms with Gasteiger partial charge in [0.2, 0.25) is 5.28 Å². The maximum absolute atomic E-state index is 11.9. The summed E-state index contributed by atoms with van der Waals surface area (Å²) in [6.45, 7) is 6.46. The summed E-state index contributed by atoms with van der Waals surface area (Å²) in [5, 5.41) is 10.7. The third kappa shape index (κ3) is 4.77. The highest BCUT2D eigenvalue weighted by Gasteiger charge is 2.26. The fourth-order valence-electron chi connectivity index (χ4n) is 3.56. The molecule has 1 aromatic carbocycles. The van der Waals surface area contributed by atoms with Crippen molar-refractivity contribution in [2.24, 2.45) is 0 Å². The van der Waals surface area contributed by atoms with Crippen LogP contribution in [0.5, 0.6) is 5.75 Å². The molecule has 1 saturated heterocycles.